The molecule has 5 heteroatoms. The maximum Gasteiger partial charge on any atom is 0.184 e. The number of benzene rings is 1. The first-order valence-corrected chi connectivity index (χ1v) is 5.79. The molecule has 0 aliphatic heterocycles. The van der Waals surface area contributed by atoms with Gasteiger partial charge in [-0.15, -0.1) is 0 Å². The zero-order valence-corrected chi connectivity index (χ0v) is 10.5. The van der Waals surface area contributed by atoms with Gasteiger partial charge in [-0.3, -0.25) is 4.98 Å². The fourth-order valence-electron chi connectivity index (χ4n) is 1.52. The lowest BCUT2D eigenvalue weighted by atomic mass is 10.2. The largest absolute Gasteiger partial charge is 0.454 e. The second kappa shape index (κ2) is 5.80. The topological polar surface area (TPSA) is 34.2 Å². The maximum absolute atomic E-state index is 13.7. The molecule has 0 bridgehead atoms. The van der Waals surface area contributed by atoms with Gasteiger partial charge in [-0.2, -0.15) is 0 Å². The number of aromatic nitrogens is 1. The van der Waals surface area contributed by atoms with E-state index in [1.165, 1.54) is 12.1 Å². The summed E-state index contributed by atoms with van der Waals surface area (Å²) >= 11 is 5.70. The van der Waals surface area contributed by atoms with Gasteiger partial charge < -0.3 is 10.1 Å². The van der Waals surface area contributed by atoms with Crippen LogP contribution in [0, 0.1) is 5.82 Å². The van der Waals surface area contributed by atoms with Crippen molar-refractivity contribution in [2.24, 2.45) is 0 Å². The Labute approximate surface area is 110 Å². The highest BCUT2D eigenvalue weighted by Gasteiger charge is 2.10. The van der Waals surface area contributed by atoms with Gasteiger partial charge in [0.05, 0.1) is 5.02 Å². The third-order valence-electron chi connectivity index (χ3n) is 2.36. The Bertz CT molecular complexity index is 548. The van der Waals surface area contributed by atoms with Crippen molar-refractivity contribution < 1.29 is 9.13 Å². The molecule has 94 valence electrons. The number of nitrogens with one attached hydrogen (secondary N) is 1. The fraction of sp³-hybridized carbons (Fsp3) is 0.154. The smallest absolute Gasteiger partial charge is 0.184 e. The molecular formula is C13H12ClFN2O. The average molecular weight is 267 g/mol. The average Bonchev–Trinajstić information content (AvgIpc) is 2.37. The van der Waals surface area contributed by atoms with E-state index in [2.05, 4.69) is 10.3 Å². The molecule has 0 spiro atoms. The van der Waals surface area contributed by atoms with E-state index >= 15 is 0 Å². The van der Waals surface area contributed by atoms with Crippen molar-refractivity contribution in [2.45, 2.75) is 6.54 Å². The number of hydrogen-bond donors (Lipinski definition) is 1. The second-order valence-corrected chi connectivity index (χ2v) is 4.07. The minimum absolute atomic E-state index is 0.0386. The molecule has 1 N–H and O–H groups in total. The van der Waals surface area contributed by atoms with E-state index < -0.39 is 5.82 Å². The summed E-state index contributed by atoms with van der Waals surface area (Å²) in [5.41, 5.74) is 0.847. The van der Waals surface area contributed by atoms with Crippen LogP contribution in [0.25, 0.3) is 0 Å². The summed E-state index contributed by atoms with van der Waals surface area (Å²) in [5.74, 6) is 0.0953. The molecule has 2 rings (SSSR count). The standard InChI is InChI=1S/C13H12ClFN2O/c1-16-7-9-8-17-6-5-11(9)18-12-4-2-3-10(14)13(12)15/h2-6,8,16H,7H2,1H3. The van der Waals surface area contributed by atoms with Crippen molar-refractivity contribution in [3.63, 3.8) is 0 Å². The number of rotatable bonds is 4. The van der Waals surface area contributed by atoms with E-state index in [0.29, 0.717) is 12.3 Å². The molecule has 0 aliphatic carbocycles. The van der Waals surface area contributed by atoms with Crippen molar-refractivity contribution in [3.8, 4) is 11.5 Å². The monoisotopic (exact) mass is 266 g/mol. The highest BCUT2D eigenvalue weighted by Crippen LogP contribution is 2.30. The van der Waals surface area contributed by atoms with Crippen molar-refractivity contribution in [1.82, 2.24) is 10.3 Å². The quantitative estimate of drug-likeness (QED) is 0.921. The third-order valence-corrected chi connectivity index (χ3v) is 2.65. The second-order valence-electron chi connectivity index (χ2n) is 3.67. The SMILES string of the molecule is CNCc1cnccc1Oc1cccc(Cl)c1F. The van der Waals surface area contributed by atoms with E-state index in [4.69, 9.17) is 16.3 Å². The van der Waals surface area contributed by atoms with Crippen LogP contribution >= 0.6 is 11.6 Å². The summed E-state index contributed by atoms with van der Waals surface area (Å²) in [6, 6.07) is 6.34. The molecule has 2 aromatic rings. The summed E-state index contributed by atoms with van der Waals surface area (Å²) < 4.78 is 19.3. The maximum atomic E-state index is 13.7. The Morgan fingerprint density at radius 2 is 2.17 bits per heavy atom. The molecule has 0 atom stereocenters. The fourth-order valence-corrected chi connectivity index (χ4v) is 1.68. The molecule has 1 heterocycles. The minimum atomic E-state index is -0.564. The number of nitrogens with zero attached hydrogens (tertiary/aromatic N) is 1. The van der Waals surface area contributed by atoms with Crippen LogP contribution in [0.1, 0.15) is 5.56 Å². The summed E-state index contributed by atoms with van der Waals surface area (Å²) in [7, 11) is 1.82. The Balaban J connectivity index is 2.31. The first-order chi connectivity index (χ1) is 8.72. The van der Waals surface area contributed by atoms with Gasteiger partial charge in [0.2, 0.25) is 0 Å². The first kappa shape index (κ1) is 12.8. The van der Waals surface area contributed by atoms with Gasteiger partial charge >= 0.3 is 0 Å². The van der Waals surface area contributed by atoms with Gasteiger partial charge in [0.1, 0.15) is 5.75 Å². The lowest BCUT2D eigenvalue weighted by Crippen LogP contribution is -2.06. The lowest BCUT2D eigenvalue weighted by molar-refractivity contribution is 0.436. The summed E-state index contributed by atoms with van der Waals surface area (Å²) in [5, 5.41) is 3.03. The molecule has 0 saturated carbocycles. The first-order valence-electron chi connectivity index (χ1n) is 5.41. The van der Waals surface area contributed by atoms with Gasteiger partial charge in [-0.25, -0.2) is 4.39 Å². The normalized spacial score (nSPS) is 10.4. The molecule has 0 amide bonds. The van der Waals surface area contributed by atoms with Gasteiger partial charge in [-0.1, -0.05) is 17.7 Å². The van der Waals surface area contributed by atoms with E-state index in [9.17, 15) is 4.39 Å². The molecule has 3 nitrogen and oxygen atoms in total. The van der Waals surface area contributed by atoms with Gasteiger partial charge in [0.25, 0.3) is 0 Å². The highest BCUT2D eigenvalue weighted by molar-refractivity contribution is 6.30. The summed E-state index contributed by atoms with van der Waals surface area (Å²) in [4.78, 5) is 4.01. The van der Waals surface area contributed by atoms with Crippen LogP contribution in [0.4, 0.5) is 4.39 Å². The summed E-state index contributed by atoms with van der Waals surface area (Å²) in [6.45, 7) is 0.589. The van der Waals surface area contributed by atoms with Crippen LogP contribution in [0.3, 0.4) is 0 Å². The molecule has 0 saturated heterocycles. The lowest BCUT2D eigenvalue weighted by Gasteiger charge is -2.11. The molecular weight excluding hydrogens is 255 g/mol. The van der Waals surface area contributed by atoms with Gasteiger partial charge in [-0.05, 0) is 25.2 Å². The Morgan fingerprint density at radius 3 is 2.94 bits per heavy atom. The highest BCUT2D eigenvalue weighted by atomic mass is 35.5. The Kier molecular flexibility index (Phi) is 4.12. The van der Waals surface area contributed by atoms with Crippen LogP contribution in [0.15, 0.2) is 36.7 Å². The van der Waals surface area contributed by atoms with Crippen molar-refractivity contribution >= 4 is 11.6 Å². The van der Waals surface area contributed by atoms with Crippen LogP contribution in [0.5, 0.6) is 11.5 Å². The zero-order valence-electron chi connectivity index (χ0n) is 9.78. The zero-order chi connectivity index (χ0) is 13.0. The number of halogens is 2. The summed E-state index contributed by atoms with van der Waals surface area (Å²) in [6.07, 6.45) is 3.27. The molecule has 1 aromatic carbocycles. The molecule has 1 aromatic heterocycles. The van der Waals surface area contributed by atoms with Crippen LogP contribution in [-0.2, 0) is 6.54 Å². The van der Waals surface area contributed by atoms with Gasteiger partial charge in [0, 0.05) is 24.5 Å². The van der Waals surface area contributed by atoms with Crippen LogP contribution in [-0.4, -0.2) is 12.0 Å². The van der Waals surface area contributed by atoms with E-state index in [0.717, 1.165) is 5.56 Å². The van der Waals surface area contributed by atoms with E-state index in [1.54, 1.807) is 24.5 Å². The van der Waals surface area contributed by atoms with Crippen LogP contribution < -0.4 is 10.1 Å². The van der Waals surface area contributed by atoms with Crippen molar-refractivity contribution in [3.05, 3.63) is 53.1 Å². The van der Waals surface area contributed by atoms with Crippen LogP contribution in [0.2, 0.25) is 5.02 Å². The Morgan fingerprint density at radius 1 is 1.33 bits per heavy atom. The predicted molar refractivity (Wildman–Crippen MR) is 68.5 cm³/mol. The molecule has 0 radical (unpaired) electrons. The number of pyridine rings is 1. The molecule has 0 aliphatic rings. The van der Waals surface area contributed by atoms with Crippen molar-refractivity contribution in [2.75, 3.05) is 7.05 Å². The van der Waals surface area contributed by atoms with E-state index in [-0.39, 0.29) is 10.8 Å². The van der Waals surface area contributed by atoms with E-state index in [1.807, 2.05) is 7.05 Å². The van der Waals surface area contributed by atoms with Gasteiger partial charge in [0.15, 0.2) is 11.6 Å². The predicted octanol–water partition coefficient (Wildman–Crippen LogP) is 3.39. The number of ether oxygens (including phenoxy) is 1. The Hall–Kier alpha value is -1.65. The third kappa shape index (κ3) is 2.78. The molecule has 18 heavy (non-hydrogen) atoms. The number of hydrogen-bond acceptors (Lipinski definition) is 3. The molecule has 0 fully saturated rings. The minimum Gasteiger partial charge on any atom is -0.454 e. The molecule has 0 unspecified atom stereocenters. The van der Waals surface area contributed by atoms with Crippen molar-refractivity contribution in [1.29, 1.82) is 0 Å².